The summed E-state index contributed by atoms with van der Waals surface area (Å²) >= 11 is 0. The van der Waals surface area contributed by atoms with Gasteiger partial charge in [-0.15, -0.1) is 10.2 Å². The van der Waals surface area contributed by atoms with Crippen molar-refractivity contribution < 1.29 is 13.9 Å². The highest BCUT2D eigenvalue weighted by atomic mass is 19.1. The van der Waals surface area contributed by atoms with Crippen molar-refractivity contribution in [3.63, 3.8) is 0 Å². The van der Waals surface area contributed by atoms with Gasteiger partial charge in [0.15, 0.2) is 5.65 Å². The van der Waals surface area contributed by atoms with E-state index < -0.39 is 11.7 Å². The summed E-state index contributed by atoms with van der Waals surface area (Å²) in [6, 6.07) is 2.91. The number of aromatic nitrogens is 7. The molecule has 0 radical (unpaired) electrons. The third-order valence-electron chi connectivity index (χ3n) is 5.22. The van der Waals surface area contributed by atoms with Crippen LogP contribution in [0.5, 0.6) is 5.88 Å². The molecular weight excluding hydrogens is 417 g/mol. The van der Waals surface area contributed by atoms with E-state index in [4.69, 9.17) is 4.74 Å². The minimum atomic E-state index is -0.505. The molecule has 4 aromatic rings. The molecule has 0 aliphatic carbocycles. The number of anilines is 2. The molecule has 12 heteroatoms. The van der Waals surface area contributed by atoms with Crippen molar-refractivity contribution in [2.75, 3.05) is 23.9 Å². The van der Waals surface area contributed by atoms with E-state index in [2.05, 4.69) is 35.5 Å². The maximum absolute atomic E-state index is 13.9. The summed E-state index contributed by atoms with van der Waals surface area (Å²) in [7, 11) is 1.51. The first kappa shape index (κ1) is 19.7. The zero-order valence-corrected chi connectivity index (χ0v) is 17.0. The number of amides is 1. The van der Waals surface area contributed by atoms with Gasteiger partial charge in [-0.3, -0.25) is 14.5 Å². The number of hydrogen-bond donors (Lipinski definition) is 1. The van der Waals surface area contributed by atoms with Gasteiger partial charge in [-0.1, -0.05) is 0 Å². The monoisotopic (exact) mass is 435 g/mol. The Hall–Kier alpha value is -4.22. The Labute approximate surface area is 181 Å². The third kappa shape index (κ3) is 3.55. The van der Waals surface area contributed by atoms with E-state index in [1.807, 2.05) is 4.90 Å². The number of rotatable bonds is 5. The van der Waals surface area contributed by atoms with Crippen LogP contribution in [0, 0.1) is 5.82 Å². The highest BCUT2D eigenvalue weighted by Gasteiger charge is 2.31. The fourth-order valence-corrected chi connectivity index (χ4v) is 3.83. The van der Waals surface area contributed by atoms with Crippen molar-refractivity contribution in [2.45, 2.75) is 18.9 Å². The molecule has 1 fully saturated rings. The first-order chi connectivity index (χ1) is 15.6. The van der Waals surface area contributed by atoms with Gasteiger partial charge < -0.3 is 9.64 Å². The number of ether oxygens (including phenoxy) is 1. The molecule has 0 aromatic carbocycles. The zero-order chi connectivity index (χ0) is 22.1. The molecule has 1 atom stereocenters. The van der Waals surface area contributed by atoms with Crippen LogP contribution >= 0.6 is 0 Å². The summed E-state index contributed by atoms with van der Waals surface area (Å²) in [6.45, 7) is 0.699. The van der Waals surface area contributed by atoms with Crippen LogP contribution < -0.4 is 15.0 Å². The number of nitrogens with one attached hydrogen (secondary N) is 1. The molecule has 5 heterocycles. The number of halogens is 1. The molecule has 0 unspecified atom stereocenters. The number of pyridine rings is 1. The summed E-state index contributed by atoms with van der Waals surface area (Å²) < 4.78 is 20.8. The predicted molar refractivity (Wildman–Crippen MR) is 111 cm³/mol. The highest BCUT2D eigenvalue weighted by Crippen LogP contribution is 2.38. The normalized spacial score (nSPS) is 15.8. The SMILES string of the molecule is COc1ncc(F)cc1[C@H]1CCCN1c1cn2c(C(=O)Nc3ncccn3)nnc2cn1. The fourth-order valence-electron chi connectivity index (χ4n) is 3.83. The average molecular weight is 435 g/mol. The van der Waals surface area contributed by atoms with Gasteiger partial charge >= 0.3 is 0 Å². The molecular formula is C20H18FN9O2. The highest BCUT2D eigenvalue weighted by molar-refractivity contribution is 6.01. The molecule has 162 valence electrons. The second-order valence-electron chi connectivity index (χ2n) is 7.13. The molecule has 0 bridgehead atoms. The molecule has 1 N–H and O–H groups in total. The second-order valence-corrected chi connectivity index (χ2v) is 7.13. The van der Waals surface area contributed by atoms with Crippen molar-refractivity contribution in [3.05, 3.63) is 60.3 Å². The van der Waals surface area contributed by atoms with Gasteiger partial charge in [0.05, 0.1) is 31.7 Å². The summed E-state index contributed by atoms with van der Waals surface area (Å²) in [5.74, 6) is 0.255. The van der Waals surface area contributed by atoms with E-state index in [-0.39, 0.29) is 17.8 Å². The summed E-state index contributed by atoms with van der Waals surface area (Å²) in [6.07, 6.45) is 9.06. The lowest BCUT2D eigenvalue weighted by molar-refractivity contribution is 0.101. The molecule has 1 aliphatic rings. The molecule has 1 saturated heterocycles. The maximum Gasteiger partial charge on any atom is 0.296 e. The van der Waals surface area contributed by atoms with Gasteiger partial charge in [-0.2, -0.15) is 0 Å². The Bertz CT molecular complexity index is 1280. The predicted octanol–water partition coefficient (Wildman–Crippen LogP) is 2.05. The van der Waals surface area contributed by atoms with Gasteiger partial charge in [0, 0.05) is 24.5 Å². The van der Waals surface area contributed by atoms with Crippen LogP contribution in [0.15, 0.2) is 43.1 Å². The zero-order valence-electron chi connectivity index (χ0n) is 17.0. The largest absolute Gasteiger partial charge is 0.481 e. The average Bonchev–Trinajstić information content (AvgIpc) is 3.46. The molecule has 4 aromatic heterocycles. The van der Waals surface area contributed by atoms with E-state index >= 15 is 0 Å². The molecule has 11 nitrogen and oxygen atoms in total. The lowest BCUT2D eigenvalue weighted by atomic mass is 10.1. The van der Waals surface area contributed by atoms with Crippen LogP contribution in [0.2, 0.25) is 0 Å². The Balaban J connectivity index is 1.49. The Morgan fingerprint density at radius 2 is 2.03 bits per heavy atom. The van der Waals surface area contributed by atoms with Crippen LogP contribution in [0.25, 0.3) is 5.65 Å². The number of hydrogen-bond acceptors (Lipinski definition) is 9. The minimum absolute atomic E-state index is 0.0665. The Morgan fingerprint density at radius 3 is 2.84 bits per heavy atom. The second kappa shape index (κ2) is 8.13. The molecule has 5 rings (SSSR count). The van der Waals surface area contributed by atoms with Crippen molar-refractivity contribution in [2.24, 2.45) is 0 Å². The quantitative estimate of drug-likeness (QED) is 0.501. The third-order valence-corrected chi connectivity index (χ3v) is 5.22. The molecule has 0 saturated carbocycles. The summed E-state index contributed by atoms with van der Waals surface area (Å²) in [4.78, 5) is 31.3. The van der Waals surface area contributed by atoms with Gasteiger partial charge in [0.2, 0.25) is 17.7 Å². The number of fused-ring (bicyclic) bond motifs is 1. The Kier molecular flexibility index (Phi) is 5.01. The van der Waals surface area contributed by atoms with E-state index in [0.29, 0.717) is 29.5 Å². The standard InChI is InChI=1S/C20H18FN9O2/c1-32-19-13(8-12(21)9-25-19)14-4-2-7-29(14)16-11-30-15(10-24-16)27-28-17(30)18(31)26-20-22-5-3-6-23-20/h3,5-6,8-11,14H,2,4,7H2,1H3,(H,22,23,26,31)/t14-/m1/s1. The first-order valence-electron chi connectivity index (χ1n) is 9.89. The number of methoxy groups -OCH3 is 1. The molecule has 1 amide bonds. The van der Waals surface area contributed by atoms with Gasteiger partial charge in [0.1, 0.15) is 11.6 Å². The van der Waals surface area contributed by atoms with E-state index in [0.717, 1.165) is 19.0 Å². The van der Waals surface area contributed by atoms with Gasteiger partial charge in [-0.05, 0) is 25.0 Å². The van der Waals surface area contributed by atoms with Crippen molar-refractivity contribution in [1.82, 2.24) is 34.5 Å². The van der Waals surface area contributed by atoms with Crippen LogP contribution in [-0.2, 0) is 0 Å². The smallest absolute Gasteiger partial charge is 0.296 e. The van der Waals surface area contributed by atoms with Gasteiger partial charge in [0.25, 0.3) is 5.91 Å². The molecule has 1 aliphatic heterocycles. The number of nitrogens with zero attached hydrogens (tertiary/aromatic N) is 8. The molecule has 32 heavy (non-hydrogen) atoms. The van der Waals surface area contributed by atoms with E-state index in [9.17, 15) is 9.18 Å². The van der Waals surface area contributed by atoms with Crippen LogP contribution in [0.3, 0.4) is 0 Å². The van der Waals surface area contributed by atoms with Crippen LogP contribution in [-0.4, -0.2) is 54.1 Å². The van der Waals surface area contributed by atoms with Crippen molar-refractivity contribution in [3.8, 4) is 5.88 Å². The topological polar surface area (TPSA) is 123 Å². The maximum atomic E-state index is 13.9. The fraction of sp³-hybridized carbons (Fsp3) is 0.250. The number of carbonyl (C=O) groups excluding carboxylic acids is 1. The van der Waals surface area contributed by atoms with Crippen LogP contribution in [0.1, 0.15) is 35.1 Å². The minimum Gasteiger partial charge on any atom is -0.481 e. The summed E-state index contributed by atoms with van der Waals surface area (Å²) in [5.41, 5.74) is 1.06. The van der Waals surface area contributed by atoms with E-state index in [1.165, 1.54) is 31.8 Å². The van der Waals surface area contributed by atoms with Crippen LogP contribution in [0.4, 0.5) is 16.2 Å². The van der Waals surface area contributed by atoms with Crippen molar-refractivity contribution >= 4 is 23.3 Å². The molecule has 0 spiro atoms. The summed E-state index contributed by atoms with van der Waals surface area (Å²) in [5, 5.41) is 10.6. The lowest BCUT2D eigenvalue weighted by Crippen LogP contribution is -2.25. The van der Waals surface area contributed by atoms with E-state index in [1.54, 1.807) is 16.7 Å². The lowest BCUT2D eigenvalue weighted by Gasteiger charge is -2.26. The Morgan fingerprint density at radius 1 is 1.19 bits per heavy atom. The number of carbonyl (C=O) groups is 1. The van der Waals surface area contributed by atoms with Crippen molar-refractivity contribution in [1.29, 1.82) is 0 Å². The van der Waals surface area contributed by atoms with Gasteiger partial charge in [-0.25, -0.2) is 24.3 Å². The first-order valence-corrected chi connectivity index (χ1v) is 9.89.